The SMILES string of the molecule is CC(C)CC(CC(C)C)C(=O)C1C2CCC(O2)C1C(=O)C(CC(C)C)CC(C)C. The van der Waals surface area contributed by atoms with Gasteiger partial charge < -0.3 is 4.74 Å². The van der Waals surface area contributed by atoms with Gasteiger partial charge in [-0.3, -0.25) is 9.59 Å². The molecule has 2 aliphatic heterocycles. The van der Waals surface area contributed by atoms with Gasteiger partial charge in [-0.25, -0.2) is 0 Å². The molecule has 0 spiro atoms. The average molecular weight is 407 g/mol. The molecular weight excluding hydrogens is 360 g/mol. The highest BCUT2D eigenvalue weighted by Gasteiger charge is 2.56. The maximum absolute atomic E-state index is 13.8. The van der Waals surface area contributed by atoms with E-state index in [2.05, 4.69) is 55.4 Å². The van der Waals surface area contributed by atoms with Gasteiger partial charge in [0.1, 0.15) is 11.6 Å². The number of hydrogen-bond donors (Lipinski definition) is 0. The van der Waals surface area contributed by atoms with Crippen molar-refractivity contribution in [3.8, 4) is 0 Å². The quantitative estimate of drug-likeness (QED) is 0.380. The maximum atomic E-state index is 13.8. The van der Waals surface area contributed by atoms with Gasteiger partial charge in [0.15, 0.2) is 0 Å². The Balaban J connectivity index is 2.26. The fourth-order valence-corrected chi connectivity index (χ4v) is 5.88. The molecule has 4 atom stereocenters. The zero-order chi connectivity index (χ0) is 21.9. The van der Waals surface area contributed by atoms with Crippen LogP contribution in [0.4, 0.5) is 0 Å². The Kier molecular flexibility index (Phi) is 8.94. The Morgan fingerprint density at radius 1 is 0.621 bits per heavy atom. The molecule has 0 saturated carbocycles. The van der Waals surface area contributed by atoms with Crippen molar-refractivity contribution in [1.82, 2.24) is 0 Å². The van der Waals surface area contributed by atoms with Crippen LogP contribution in [0.5, 0.6) is 0 Å². The molecule has 2 aliphatic rings. The van der Waals surface area contributed by atoms with Gasteiger partial charge in [0.25, 0.3) is 0 Å². The monoisotopic (exact) mass is 406 g/mol. The highest BCUT2D eigenvalue weighted by Crippen LogP contribution is 2.48. The fraction of sp³-hybridized carbons (Fsp3) is 0.923. The fourth-order valence-electron chi connectivity index (χ4n) is 5.88. The van der Waals surface area contributed by atoms with Crippen LogP contribution in [0.2, 0.25) is 0 Å². The van der Waals surface area contributed by atoms with E-state index in [0.717, 1.165) is 38.5 Å². The van der Waals surface area contributed by atoms with Gasteiger partial charge in [0.05, 0.1) is 24.0 Å². The zero-order valence-electron chi connectivity index (χ0n) is 20.2. The molecule has 168 valence electrons. The maximum Gasteiger partial charge on any atom is 0.142 e. The number of fused-ring (bicyclic) bond motifs is 2. The summed E-state index contributed by atoms with van der Waals surface area (Å²) in [5.74, 6) is 2.33. The molecule has 0 N–H and O–H groups in total. The molecule has 0 radical (unpaired) electrons. The van der Waals surface area contributed by atoms with E-state index in [4.69, 9.17) is 4.74 Å². The molecule has 2 fully saturated rings. The van der Waals surface area contributed by atoms with Crippen molar-refractivity contribution in [3.05, 3.63) is 0 Å². The smallest absolute Gasteiger partial charge is 0.142 e. The summed E-state index contributed by atoms with van der Waals surface area (Å²) in [5, 5.41) is 0. The molecule has 0 amide bonds. The van der Waals surface area contributed by atoms with Crippen LogP contribution in [-0.2, 0) is 14.3 Å². The second-order valence-corrected chi connectivity index (χ2v) is 11.6. The van der Waals surface area contributed by atoms with Gasteiger partial charge in [-0.15, -0.1) is 0 Å². The third-order valence-electron chi connectivity index (χ3n) is 6.76. The minimum Gasteiger partial charge on any atom is -0.373 e. The van der Waals surface area contributed by atoms with Crippen molar-refractivity contribution in [2.75, 3.05) is 0 Å². The largest absolute Gasteiger partial charge is 0.373 e. The van der Waals surface area contributed by atoms with Crippen molar-refractivity contribution < 1.29 is 14.3 Å². The summed E-state index contributed by atoms with van der Waals surface area (Å²) in [5.41, 5.74) is 0. The van der Waals surface area contributed by atoms with E-state index in [1.807, 2.05) is 0 Å². The molecule has 2 rings (SSSR count). The molecule has 2 bridgehead atoms. The summed E-state index contributed by atoms with van der Waals surface area (Å²) in [6.45, 7) is 17.6. The van der Waals surface area contributed by atoms with Gasteiger partial charge in [0, 0.05) is 11.8 Å². The van der Waals surface area contributed by atoms with E-state index in [0.29, 0.717) is 35.2 Å². The highest BCUT2D eigenvalue weighted by atomic mass is 16.5. The van der Waals surface area contributed by atoms with E-state index in [9.17, 15) is 9.59 Å². The van der Waals surface area contributed by atoms with E-state index in [1.165, 1.54) is 0 Å². The second kappa shape index (κ2) is 10.6. The normalized spacial score (nSPS) is 26.8. The number of carbonyl (C=O) groups excluding carboxylic acids is 2. The Labute approximate surface area is 179 Å². The molecular formula is C26H46O3. The molecule has 0 aromatic carbocycles. The Morgan fingerprint density at radius 2 is 0.897 bits per heavy atom. The summed E-state index contributed by atoms with van der Waals surface area (Å²) in [6.07, 6.45) is 5.53. The number of ketones is 2. The summed E-state index contributed by atoms with van der Waals surface area (Å²) >= 11 is 0. The minimum atomic E-state index is -0.203. The van der Waals surface area contributed by atoms with Crippen molar-refractivity contribution in [3.63, 3.8) is 0 Å². The van der Waals surface area contributed by atoms with Crippen molar-refractivity contribution >= 4 is 11.6 Å². The lowest BCUT2D eigenvalue weighted by molar-refractivity contribution is -0.138. The summed E-state index contributed by atoms with van der Waals surface area (Å²) < 4.78 is 6.22. The van der Waals surface area contributed by atoms with Gasteiger partial charge in [-0.1, -0.05) is 55.4 Å². The van der Waals surface area contributed by atoms with Crippen molar-refractivity contribution in [1.29, 1.82) is 0 Å². The van der Waals surface area contributed by atoms with Crippen LogP contribution in [-0.4, -0.2) is 23.8 Å². The first kappa shape index (κ1) is 24.6. The molecule has 0 aromatic heterocycles. The molecule has 3 nitrogen and oxygen atoms in total. The Bertz CT molecular complexity index is 480. The van der Waals surface area contributed by atoms with E-state index in [-0.39, 0.29) is 35.9 Å². The first-order valence-electron chi connectivity index (χ1n) is 12.2. The van der Waals surface area contributed by atoms with Crippen LogP contribution < -0.4 is 0 Å². The van der Waals surface area contributed by atoms with Crippen LogP contribution in [0.15, 0.2) is 0 Å². The number of Topliss-reactive ketones (excluding diaryl/α,β-unsaturated/α-hetero) is 2. The lowest BCUT2D eigenvalue weighted by atomic mass is 9.67. The molecule has 2 saturated heterocycles. The first-order valence-corrected chi connectivity index (χ1v) is 12.2. The van der Waals surface area contributed by atoms with Gasteiger partial charge in [0.2, 0.25) is 0 Å². The topological polar surface area (TPSA) is 43.4 Å². The second-order valence-electron chi connectivity index (χ2n) is 11.6. The molecule has 0 aromatic rings. The molecule has 4 unspecified atom stereocenters. The minimum absolute atomic E-state index is 0.0259. The molecule has 29 heavy (non-hydrogen) atoms. The van der Waals surface area contributed by atoms with E-state index >= 15 is 0 Å². The molecule has 2 heterocycles. The van der Waals surface area contributed by atoms with E-state index in [1.54, 1.807) is 0 Å². The van der Waals surface area contributed by atoms with Crippen LogP contribution in [0.1, 0.15) is 93.9 Å². The zero-order valence-corrected chi connectivity index (χ0v) is 20.2. The molecule has 3 heteroatoms. The third kappa shape index (κ3) is 6.39. The van der Waals surface area contributed by atoms with E-state index < -0.39 is 0 Å². The first-order chi connectivity index (χ1) is 13.5. The summed E-state index contributed by atoms with van der Waals surface area (Å²) in [4.78, 5) is 27.5. The Hall–Kier alpha value is -0.700. The summed E-state index contributed by atoms with van der Waals surface area (Å²) in [6, 6.07) is 0. The van der Waals surface area contributed by atoms with Crippen LogP contribution >= 0.6 is 0 Å². The van der Waals surface area contributed by atoms with Crippen molar-refractivity contribution in [2.24, 2.45) is 47.3 Å². The van der Waals surface area contributed by atoms with Gasteiger partial charge in [-0.05, 0) is 62.2 Å². The number of hydrogen-bond acceptors (Lipinski definition) is 3. The third-order valence-corrected chi connectivity index (χ3v) is 6.76. The molecule has 0 aliphatic carbocycles. The van der Waals surface area contributed by atoms with Crippen LogP contribution in [0.3, 0.4) is 0 Å². The predicted molar refractivity (Wildman–Crippen MR) is 120 cm³/mol. The van der Waals surface area contributed by atoms with Gasteiger partial charge >= 0.3 is 0 Å². The highest BCUT2D eigenvalue weighted by molar-refractivity contribution is 5.93. The lowest BCUT2D eigenvalue weighted by Gasteiger charge is -2.33. The predicted octanol–water partition coefficient (Wildman–Crippen LogP) is 6.34. The van der Waals surface area contributed by atoms with Crippen molar-refractivity contribution in [2.45, 2.75) is 106 Å². The average Bonchev–Trinajstić information content (AvgIpc) is 3.18. The Morgan fingerprint density at radius 3 is 1.14 bits per heavy atom. The number of carbonyl (C=O) groups is 2. The number of ether oxygens (including phenoxy) is 1. The van der Waals surface area contributed by atoms with Crippen LogP contribution in [0, 0.1) is 47.3 Å². The lowest BCUT2D eigenvalue weighted by Crippen LogP contribution is -2.43. The summed E-state index contributed by atoms with van der Waals surface area (Å²) in [7, 11) is 0. The number of rotatable bonds is 12. The standard InChI is InChI=1S/C26H46O3/c1-15(2)11-19(12-16(3)4)25(27)23-21-9-10-22(29-21)24(23)26(28)20(13-17(5)6)14-18(7)8/h15-24H,9-14H2,1-8H3. The van der Waals surface area contributed by atoms with Gasteiger partial charge in [-0.2, -0.15) is 0 Å². The van der Waals surface area contributed by atoms with Crippen LogP contribution in [0.25, 0.3) is 0 Å².